The van der Waals surface area contributed by atoms with E-state index in [0.29, 0.717) is 5.56 Å². The molecule has 0 saturated carbocycles. The minimum Gasteiger partial charge on any atom is -0.508 e. The van der Waals surface area contributed by atoms with Crippen LogP contribution in [0.1, 0.15) is 5.56 Å². The molecule has 21 heavy (non-hydrogen) atoms. The molecule has 4 heteroatoms. The zero-order valence-electron chi connectivity index (χ0n) is 11.1. The van der Waals surface area contributed by atoms with Crippen molar-refractivity contribution in [1.29, 1.82) is 0 Å². The van der Waals surface area contributed by atoms with Crippen molar-refractivity contribution in [3.63, 3.8) is 0 Å². The van der Waals surface area contributed by atoms with Gasteiger partial charge in [0.15, 0.2) is 0 Å². The fourth-order valence-corrected chi connectivity index (χ4v) is 2.33. The highest BCUT2D eigenvalue weighted by Crippen LogP contribution is 2.28. The molecule has 2 nitrogen and oxygen atoms in total. The van der Waals surface area contributed by atoms with Crippen molar-refractivity contribution in [1.82, 2.24) is 0 Å². The third-order valence-electron chi connectivity index (χ3n) is 3.40. The quantitative estimate of drug-likeness (QED) is 0.746. The molecule has 0 fully saturated rings. The summed E-state index contributed by atoms with van der Waals surface area (Å²) < 4.78 is 26.7. The second-order valence-corrected chi connectivity index (χ2v) is 4.76. The van der Waals surface area contributed by atoms with Crippen LogP contribution in [0, 0.1) is 11.6 Å². The molecule has 0 unspecified atom stereocenters. The molecule has 0 atom stereocenters. The Morgan fingerprint density at radius 3 is 2.62 bits per heavy atom. The van der Waals surface area contributed by atoms with Gasteiger partial charge in [-0.05, 0) is 35.0 Å². The summed E-state index contributed by atoms with van der Waals surface area (Å²) in [5, 5.41) is 14.7. The van der Waals surface area contributed by atoms with Gasteiger partial charge in [0.1, 0.15) is 17.4 Å². The molecule has 106 valence electrons. The average Bonchev–Trinajstić information content (AvgIpc) is 2.49. The second kappa shape index (κ2) is 5.40. The summed E-state index contributed by atoms with van der Waals surface area (Å²) in [5.41, 5.74) is 0.721. The largest absolute Gasteiger partial charge is 0.508 e. The number of hydrogen-bond acceptors (Lipinski definition) is 2. The fourth-order valence-electron chi connectivity index (χ4n) is 2.33. The lowest BCUT2D eigenvalue weighted by atomic mass is 10.0. The Labute approximate surface area is 120 Å². The molecular formula is C17H13F2NO. The maximum absolute atomic E-state index is 13.6. The number of nitrogens with one attached hydrogen (secondary N) is 1. The summed E-state index contributed by atoms with van der Waals surface area (Å²) in [6.07, 6.45) is 0. The second-order valence-electron chi connectivity index (χ2n) is 4.76. The van der Waals surface area contributed by atoms with E-state index in [1.165, 1.54) is 0 Å². The molecule has 0 aromatic heterocycles. The lowest BCUT2D eigenvalue weighted by Crippen LogP contribution is -2.03. The highest BCUT2D eigenvalue weighted by atomic mass is 19.1. The van der Waals surface area contributed by atoms with Crippen LogP contribution < -0.4 is 5.32 Å². The van der Waals surface area contributed by atoms with Crippen LogP contribution in [0.5, 0.6) is 5.75 Å². The Balaban J connectivity index is 1.95. The number of phenolic OH excluding ortho intramolecular Hbond substituents is 1. The molecule has 0 heterocycles. The number of hydrogen-bond donors (Lipinski definition) is 2. The Hall–Kier alpha value is -2.62. The first-order valence-corrected chi connectivity index (χ1v) is 6.53. The number of aromatic hydroxyl groups is 1. The molecule has 0 radical (unpaired) electrons. The number of halogens is 2. The topological polar surface area (TPSA) is 32.3 Å². The zero-order chi connectivity index (χ0) is 14.8. The van der Waals surface area contributed by atoms with Crippen LogP contribution in [0.25, 0.3) is 10.8 Å². The number of rotatable bonds is 3. The van der Waals surface area contributed by atoms with Gasteiger partial charge in [-0.1, -0.05) is 30.3 Å². The number of fused-ring (bicyclic) bond motifs is 1. The summed E-state index contributed by atoms with van der Waals surface area (Å²) in [7, 11) is 0. The van der Waals surface area contributed by atoms with E-state index in [4.69, 9.17) is 0 Å². The molecule has 2 N–H and O–H groups in total. The van der Waals surface area contributed by atoms with Crippen LogP contribution in [-0.4, -0.2) is 5.11 Å². The summed E-state index contributed by atoms with van der Waals surface area (Å²) in [5.74, 6) is -0.921. The molecular weight excluding hydrogens is 272 g/mol. The number of benzene rings is 3. The van der Waals surface area contributed by atoms with Gasteiger partial charge in [0, 0.05) is 12.1 Å². The van der Waals surface area contributed by atoms with Crippen molar-refractivity contribution in [3.05, 3.63) is 71.8 Å². The minimum absolute atomic E-state index is 0.0716. The van der Waals surface area contributed by atoms with E-state index in [1.54, 1.807) is 6.07 Å². The molecule has 0 amide bonds. The molecule has 0 aliphatic heterocycles. The van der Waals surface area contributed by atoms with E-state index >= 15 is 0 Å². The molecule has 0 spiro atoms. The van der Waals surface area contributed by atoms with Gasteiger partial charge in [0.05, 0.1) is 5.69 Å². The van der Waals surface area contributed by atoms with E-state index < -0.39 is 11.6 Å². The van der Waals surface area contributed by atoms with Crippen LogP contribution >= 0.6 is 0 Å². The number of anilines is 1. The van der Waals surface area contributed by atoms with Crippen LogP contribution in [-0.2, 0) is 6.54 Å². The van der Waals surface area contributed by atoms with E-state index in [9.17, 15) is 13.9 Å². The van der Waals surface area contributed by atoms with Gasteiger partial charge in [0.2, 0.25) is 0 Å². The summed E-state index contributed by atoms with van der Waals surface area (Å²) in [6.45, 7) is 0.202. The third kappa shape index (κ3) is 2.65. The maximum Gasteiger partial charge on any atom is 0.146 e. The van der Waals surface area contributed by atoms with Crippen LogP contribution in [0.3, 0.4) is 0 Å². The molecule has 3 aromatic carbocycles. The Kier molecular flexibility index (Phi) is 3.44. The lowest BCUT2D eigenvalue weighted by Gasteiger charge is -2.12. The maximum atomic E-state index is 13.6. The first kappa shape index (κ1) is 13.4. The predicted octanol–water partition coefficient (Wildman–Crippen LogP) is 4.44. The van der Waals surface area contributed by atoms with Crippen molar-refractivity contribution in [2.24, 2.45) is 0 Å². The van der Waals surface area contributed by atoms with E-state index in [0.717, 1.165) is 29.0 Å². The fraction of sp³-hybridized carbons (Fsp3) is 0.0588. The highest BCUT2D eigenvalue weighted by molar-refractivity contribution is 5.87. The van der Waals surface area contributed by atoms with Gasteiger partial charge in [-0.3, -0.25) is 0 Å². The van der Waals surface area contributed by atoms with Crippen LogP contribution in [0.15, 0.2) is 54.6 Å². The smallest absolute Gasteiger partial charge is 0.146 e. The Morgan fingerprint density at radius 1 is 0.952 bits per heavy atom. The van der Waals surface area contributed by atoms with E-state index in [1.807, 2.05) is 30.3 Å². The van der Waals surface area contributed by atoms with Gasteiger partial charge in [-0.25, -0.2) is 8.78 Å². The van der Waals surface area contributed by atoms with Crippen molar-refractivity contribution >= 4 is 16.5 Å². The monoisotopic (exact) mass is 285 g/mol. The highest BCUT2D eigenvalue weighted by Gasteiger charge is 2.08. The SMILES string of the molecule is Oc1ccc2ccccc2c1CNc1cc(F)ccc1F. The Bertz CT molecular complexity index is 802. The summed E-state index contributed by atoms with van der Waals surface area (Å²) >= 11 is 0. The Morgan fingerprint density at radius 2 is 1.76 bits per heavy atom. The first-order valence-electron chi connectivity index (χ1n) is 6.53. The standard InChI is InChI=1S/C17H13F2NO/c18-12-6-7-15(19)16(9-12)20-10-14-13-4-2-1-3-11(13)5-8-17(14)21/h1-9,20-21H,10H2. The molecule has 0 bridgehead atoms. The van der Waals surface area contributed by atoms with Crippen molar-refractivity contribution in [2.75, 3.05) is 5.32 Å². The van der Waals surface area contributed by atoms with E-state index in [2.05, 4.69) is 5.32 Å². The van der Waals surface area contributed by atoms with Crippen molar-refractivity contribution in [2.45, 2.75) is 6.54 Å². The molecule has 0 aliphatic carbocycles. The molecule has 0 saturated heterocycles. The van der Waals surface area contributed by atoms with Gasteiger partial charge in [0.25, 0.3) is 0 Å². The van der Waals surface area contributed by atoms with Gasteiger partial charge >= 0.3 is 0 Å². The summed E-state index contributed by atoms with van der Waals surface area (Å²) in [6, 6.07) is 14.2. The predicted molar refractivity (Wildman–Crippen MR) is 79.3 cm³/mol. The van der Waals surface area contributed by atoms with Crippen molar-refractivity contribution in [3.8, 4) is 5.75 Å². The third-order valence-corrected chi connectivity index (χ3v) is 3.40. The summed E-state index contributed by atoms with van der Waals surface area (Å²) in [4.78, 5) is 0. The van der Waals surface area contributed by atoms with Crippen LogP contribution in [0.4, 0.5) is 14.5 Å². The number of phenols is 1. The van der Waals surface area contributed by atoms with E-state index in [-0.39, 0.29) is 18.0 Å². The molecule has 3 aromatic rings. The average molecular weight is 285 g/mol. The molecule has 3 rings (SSSR count). The van der Waals surface area contributed by atoms with Gasteiger partial charge < -0.3 is 10.4 Å². The minimum atomic E-state index is -0.531. The normalized spacial score (nSPS) is 10.8. The molecule has 0 aliphatic rings. The van der Waals surface area contributed by atoms with Gasteiger partial charge in [-0.15, -0.1) is 0 Å². The lowest BCUT2D eigenvalue weighted by molar-refractivity contribution is 0.470. The van der Waals surface area contributed by atoms with Crippen molar-refractivity contribution < 1.29 is 13.9 Å². The van der Waals surface area contributed by atoms with Crippen LogP contribution in [0.2, 0.25) is 0 Å². The zero-order valence-corrected chi connectivity index (χ0v) is 11.1. The first-order chi connectivity index (χ1) is 10.1. The van der Waals surface area contributed by atoms with Gasteiger partial charge in [-0.2, -0.15) is 0 Å².